The smallest absolute Gasteiger partial charge is 0.244 e. The lowest BCUT2D eigenvalue weighted by Gasteiger charge is -2.31. The van der Waals surface area contributed by atoms with Crippen molar-refractivity contribution < 1.29 is 23.9 Å². The Morgan fingerprint density at radius 3 is 2.29 bits per heavy atom. The maximum Gasteiger partial charge on any atom is 0.244 e. The average molecular weight is 556 g/mol. The highest BCUT2D eigenvalue weighted by molar-refractivity contribution is 5.96. The lowest BCUT2D eigenvalue weighted by molar-refractivity contribution is -0.137. The van der Waals surface area contributed by atoms with Gasteiger partial charge in [-0.1, -0.05) is 84.9 Å². The first-order valence-corrected chi connectivity index (χ1v) is 13.8. The van der Waals surface area contributed by atoms with Crippen LogP contribution in [0.2, 0.25) is 0 Å². The van der Waals surface area contributed by atoms with Crippen molar-refractivity contribution in [3.8, 4) is 5.75 Å². The first kappa shape index (κ1) is 28.4. The number of amides is 1. The number of hydroxylamine groups is 1. The normalized spacial score (nSPS) is 17.6. The molecule has 1 heterocycles. The van der Waals surface area contributed by atoms with Crippen LogP contribution in [0.3, 0.4) is 0 Å². The van der Waals surface area contributed by atoms with Gasteiger partial charge in [-0.05, 0) is 47.7 Å². The van der Waals surface area contributed by atoms with E-state index in [4.69, 9.17) is 9.47 Å². The third-order valence-electron chi connectivity index (χ3n) is 7.17. The van der Waals surface area contributed by atoms with E-state index in [1.54, 1.807) is 12.1 Å². The van der Waals surface area contributed by atoms with Crippen molar-refractivity contribution in [3.63, 3.8) is 0 Å². The Morgan fingerprint density at radius 2 is 1.61 bits per heavy atom. The van der Waals surface area contributed by atoms with Crippen LogP contribution in [0.25, 0.3) is 0 Å². The molecule has 212 valence electrons. The van der Waals surface area contributed by atoms with E-state index in [-0.39, 0.29) is 17.8 Å². The molecule has 1 fully saturated rings. The van der Waals surface area contributed by atoms with E-state index in [9.17, 15) is 14.4 Å². The third kappa shape index (κ3) is 7.56. The van der Waals surface area contributed by atoms with Crippen LogP contribution in [-0.4, -0.2) is 42.6 Å². The number of benzene rings is 4. The van der Waals surface area contributed by atoms with E-state index in [0.717, 1.165) is 16.7 Å². The molecule has 3 atom stereocenters. The summed E-state index contributed by atoms with van der Waals surface area (Å²) in [5.74, 6) is -0.705. The number of hydrogen-bond donors (Lipinski definition) is 4. The highest BCUT2D eigenvalue weighted by Gasteiger charge is 2.31. The predicted octanol–water partition coefficient (Wildman–Crippen LogP) is 5.27. The maximum absolute atomic E-state index is 13.6. The standard InChI is InChI=1S/C33H34FN3O4/c34-26-15-9-16-27(20-26)40-30-22-35-21-28(41-30)19-18-23-10-7-8-17-29(23)36-33(38)32(37-39)31(24-11-3-1-4-12-24)25-13-5-2-6-14-25/h1-17,20,28,30-32,35,37,39H,18-19,21-22H2,(H,36,38)/t28-,30?,32+/m1/s1. The fourth-order valence-corrected chi connectivity index (χ4v) is 5.17. The lowest BCUT2D eigenvalue weighted by Crippen LogP contribution is -2.47. The molecule has 0 aromatic heterocycles. The number of nitrogens with one attached hydrogen (secondary N) is 3. The van der Waals surface area contributed by atoms with Gasteiger partial charge >= 0.3 is 0 Å². The maximum atomic E-state index is 13.6. The summed E-state index contributed by atoms with van der Waals surface area (Å²) in [5.41, 5.74) is 5.71. The van der Waals surface area contributed by atoms with Gasteiger partial charge in [-0.25, -0.2) is 4.39 Å². The minimum Gasteiger partial charge on any atom is -0.463 e. The Balaban J connectivity index is 1.25. The zero-order chi connectivity index (χ0) is 28.4. The fourth-order valence-electron chi connectivity index (χ4n) is 5.17. The van der Waals surface area contributed by atoms with E-state index in [0.29, 0.717) is 37.4 Å². The van der Waals surface area contributed by atoms with E-state index < -0.39 is 18.2 Å². The van der Waals surface area contributed by atoms with Crippen molar-refractivity contribution in [1.29, 1.82) is 0 Å². The third-order valence-corrected chi connectivity index (χ3v) is 7.17. The number of carbonyl (C=O) groups is 1. The zero-order valence-electron chi connectivity index (χ0n) is 22.6. The molecule has 4 aromatic rings. The van der Waals surface area contributed by atoms with Crippen LogP contribution in [0.5, 0.6) is 5.75 Å². The number of carbonyl (C=O) groups excluding carboxylic acids is 1. The Hall–Kier alpha value is -4.08. The highest BCUT2D eigenvalue weighted by Crippen LogP contribution is 2.29. The first-order chi connectivity index (χ1) is 20.1. The number of para-hydroxylation sites is 1. The molecule has 0 spiro atoms. The van der Waals surface area contributed by atoms with Crippen molar-refractivity contribution >= 4 is 11.6 Å². The van der Waals surface area contributed by atoms with Gasteiger partial charge in [0.05, 0.1) is 12.6 Å². The van der Waals surface area contributed by atoms with Gasteiger partial charge in [0, 0.05) is 24.2 Å². The van der Waals surface area contributed by atoms with Gasteiger partial charge in [0.2, 0.25) is 12.2 Å². The number of ether oxygens (including phenoxy) is 2. The Bertz CT molecular complexity index is 1370. The van der Waals surface area contributed by atoms with Crippen LogP contribution in [-0.2, 0) is 16.0 Å². The van der Waals surface area contributed by atoms with Gasteiger partial charge < -0.3 is 25.3 Å². The zero-order valence-corrected chi connectivity index (χ0v) is 22.6. The van der Waals surface area contributed by atoms with Crippen molar-refractivity contribution in [1.82, 2.24) is 10.8 Å². The van der Waals surface area contributed by atoms with Gasteiger partial charge in [0.15, 0.2) is 0 Å². The molecule has 4 N–H and O–H groups in total. The summed E-state index contributed by atoms with van der Waals surface area (Å²) in [6.07, 6.45) is 0.669. The van der Waals surface area contributed by atoms with Gasteiger partial charge in [0.25, 0.3) is 0 Å². The fraction of sp³-hybridized carbons (Fsp3) is 0.242. The molecule has 1 aliphatic heterocycles. The van der Waals surface area contributed by atoms with Gasteiger partial charge in [-0.15, -0.1) is 0 Å². The van der Waals surface area contributed by atoms with Crippen LogP contribution in [0.15, 0.2) is 109 Å². The summed E-state index contributed by atoms with van der Waals surface area (Å²) in [4.78, 5) is 13.6. The Labute approximate surface area is 239 Å². The average Bonchev–Trinajstić information content (AvgIpc) is 3.00. The van der Waals surface area contributed by atoms with Crippen molar-refractivity contribution in [2.75, 3.05) is 18.4 Å². The second kappa shape index (κ2) is 14.0. The molecule has 1 aliphatic rings. The first-order valence-electron chi connectivity index (χ1n) is 13.8. The molecule has 0 aliphatic carbocycles. The summed E-state index contributed by atoms with van der Waals surface area (Å²) in [7, 11) is 0. The largest absolute Gasteiger partial charge is 0.463 e. The minimum atomic E-state index is -0.931. The van der Waals surface area contributed by atoms with Crippen molar-refractivity contribution in [2.24, 2.45) is 0 Å². The van der Waals surface area contributed by atoms with E-state index in [1.165, 1.54) is 12.1 Å². The van der Waals surface area contributed by atoms with Crippen LogP contribution in [0, 0.1) is 5.82 Å². The van der Waals surface area contributed by atoms with Crippen LogP contribution >= 0.6 is 0 Å². The molecule has 0 radical (unpaired) electrons. The highest BCUT2D eigenvalue weighted by atomic mass is 19.1. The summed E-state index contributed by atoms with van der Waals surface area (Å²) in [5, 5.41) is 16.5. The van der Waals surface area contributed by atoms with Crippen molar-refractivity contribution in [2.45, 2.75) is 37.2 Å². The van der Waals surface area contributed by atoms with E-state index in [1.807, 2.05) is 84.9 Å². The molecule has 8 heteroatoms. The summed E-state index contributed by atoms with van der Waals surface area (Å²) in [6.45, 7) is 1.16. The summed E-state index contributed by atoms with van der Waals surface area (Å²) < 4.78 is 25.5. The minimum absolute atomic E-state index is 0.126. The number of morpholine rings is 1. The molecule has 0 bridgehead atoms. The molecule has 4 aromatic carbocycles. The summed E-state index contributed by atoms with van der Waals surface area (Å²) >= 11 is 0. The number of hydrogen-bond acceptors (Lipinski definition) is 6. The molecule has 1 saturated heterocycles. The van der Waals surface area contributed by atoms with Gasteiger partial charge in [-0.3, -0.25) is 4.79 Å². The number of halogens is 1. The van der Waals surface area contributed by atoms with Crippen LogP contribution in [0.1, 0.15) is 29.0 Å². The molecular formula is C33H34FN3O4. The van der Waals surface area contributed by atoms with E-state index >= 15 is 0 Å². The number of aryl methyl sites for hydroxylation is 1. The number of anilines is 1. The molecule has 1 unspecified atom stereocenters. The number of rotatable bonds is 11. The molecule has 41 heavy (non-hydrogen) atoms. The van der Waals surface area contributed by atoms with Crippen LogP contribution in [0.4, 0.5) is 10.1 Å². The Morgan fingerprint density at radius 1 is 0.927 bits per heavy atom. The second-order valence-electron chi connectivity index (χ2n) is 10.0. The molecule has 0 saturated carbocycles. The van der Waals surface area contributed by atoms with Crippen LogP contribution < -0.4 is 20.9 Å². The Kier molecular flexibility index (Phi) is 9.72. The van der Waals surface area contributed by atoms with Gasteiger partial charge in [-0.2, -0.15) is 5.48 Å². The summed E-state index contributed by atoms with van der Waals surface area (Å²) in [6, 6.07) is 32.0. The van der Waals surface area contributed by atoms with Gasteiger partial charge in [0.1, 0.15) is 17.6 Å². The molecule has 7 nitrogen and oxygen atoms in total. The quantitative estimate of drug-likeness (QED) is 0.189. The van der Waals surface area contributed by atoms with Crippen molar-refractivity contribution in [3.05, 3.63) is 132 Å². The molecule has 1 amide bonds. The monoisotopic (exact) mass is 555 g/mol. The predicted molar refractivity (Wildman–Crippen MR) is 155 cm³/mol. The molecule has 5 rings (SSSR count). The topological polar surface area (TPSA) is 91.9 Å². The second-order valence-corrected chi connectivity index (χ2v) is 10.0. The van der Waals surface area contributed by atoms with E-state index in [2.05, 4.69) is 16.1 Å². The lowest BCUT2D eigenvalue weighted by atomic mass is 9.85. The SMILES string of the molecule is O=C(Nc1ccccc1CC[C@@H]1CNCC(Oc2cccc(F)c2)O1)[C@@H](NO)C(c1ccccc1)c1ccccc1. The molecular weight excluding hydrogens is 521 g/mol.